The largest absolute Gasteiger partial charge is 0.481 e. The molecule has 0 saturated heterocycles. The van der Waals surface area contributed by atoms with Crippen molar-refractivity contribution in [3.8, 4) is 0 Å². The van der Waals surface area contributed by atoms with Crippen LogP contribution >= 0.6 is 0 Å². The standard InChI is InChI=1S/C17H17FO2/c1-2-12-7-9-13(10-8-12)11-15(17(19)20)14-5-3-4-6-16(14)18/h3-10,15H,2,11H2,1H3,(H,19,20). The smallest absolute Gasteiger partial charge is 0.311 e. The van der Waals surface area contributed by atoms with E-state index in [2.05, 4.69) is 6.92 Å². The Morgan fingerprint density at radius 1 is 1.10 bits per heavy atom. The number of aliphatic carboxylic acids is 1. The molecule has 0 amide bonds. The number of hydrogen-bond acceptors (Lipinski definition) is 1. The van der Waals surface area contributed by atoms with Crippen LogP contribution in [0.4, 0.5) is 4.39 Å². The van der Waals surface area contributed by atoms with Crippen molar-refractivity contribution < 1.29 is 14.3 Å². The normalized spacial score (nSPS) is 12.1. The highest BCUT2D eigenvalue weighted by molar-refractivity contribution is 5.76. The van der Waals surface area contributed by atoms with Gasteiger partial charge in [-0.2, -0.15) is 0 Å². The molecule has 104 valence electrons. The van der Waals surface area contributed by atoms with Crippen LogP contribution in [0.5, 0.6) is 0 Å². The summed E-state index contributed by atoms with van der Waals surface area (Å²) in [5, 5.41) is 9.35. The van der Waals surface area contributed by atoms with Gasteiger partial charge in [0.1, 0.15) is 5.82 Å². The van der Waals surface area contributed by atoms with Crippen molar-refractivity contribution >= 4 is 5.97 Å². The summed E-state index contributed by atoms with van der Waals surface area (Å²) >= 11 is 0. The van der Waals surface area contributed by atoms with Gasteiger partial charge in [0.05, 0.1) is 5.92 Å². The van der Waals surface area contributed by atoms with E-state index < -0.39 is 17.7 Å². The number of carboxylic acids is 1. The van der Waals surface area contributed by atoms with E-state index in [4.69, 9.17) is 0 Å². The van der Waals surface area contributed by atoms with Crippen LogP contribution in [-0.2, 0) is 17.6 Å². The van der Waals surface area contributed by atoms with E-state index >= 15 is 0 Å². The molecule has 1 N–H and O–H groups in total. The molecule has 0 aliphatic rings. The maximum absolute atomic E-state index is 13.8. The summed E-state index contributed by atoms with van der Waals surface area (Å²) < 4.78 is 13.8. The number of carbonyl (C=O) groups is 1. The van der Waals surface area contributed by atoms with Gasteiger partial charge in [-0.1, -0.05) is 49.4 Å². The molecule has 0 bridgehead atoms. The van der Waals surface area contributed by atoms with Crippen LogP contribution < -0.4 is 0 Å². The van der Waals surface area contributed by atoms with E-state index in [9.17, 15) is 14.3 Å². The minimum Gasteiger partial charge on any atom is -0.481 e. The summed E-state index contributed by atoms with van der Waals surface area (Å²) in [7, 11) is 0. The number of rotatable bonds is 5. The highest BCUT2D eigenvalue weighted by atomic mass is 19.1. The molecule has 0 aliphatic heterocycles. The summed E-state index contributed by atoms with van der Waals surface area (Å²) in [5.41, 5.74) is 2.34. The lowest BCUT2D eigenvalue weighted by molar-refractivity contribution is -0.138. The molecule has 1 unspecified atom stereocenters. The van der Waals surface area contributed by atoms with Crippen LogP contribution in [-0.4, -0.2) is 11.1 Å². The van der Waals surface area contributed by atoms with Gasteiger partial charge in [-0.25, -0.2) is 4.39 Å². The third-order valence-electron chi connectivity index (χ3n) is 3.45. The van der Waals surface area contributed by atoms with Gasteiger partial charge in [0.2, 0.25) is 0 Å². The lowest BCUT2D eigenvalue weighted by Gasteiger charge is -2.14. The fourth-order valence-electron chi connectivity index (χ4n) is 2.23. The predicted molar refractivity (Wildman–Crippen MR) is 76.3 cm³/mol. The molecule has 0 spiro atoms. The van der Waals surface area contributed by atoms with Crippen LogP contribution in [0.2, 0.25) is 0 Å². The van der Waals surface area contributed by atoms with E-state index in [0.29, 0.717) is 6.42 Å². The van der Waals surface area contributed by atoms with Crippen molar-refractivity contribution in [1.82, 2.24) is 0 Å². The molecule has 0 aliphatic carbocycles. The highest BCUT2D eigenvalue weighted by Crippen LogP contribution is 2.24. The van der Waals surface area contributed by atoms with Crippen LogP contribution in [0.25, 0.3) is 0 Å². The molecule has 2 aromatic carbocycles. The van der Waals surface area contributed by atoms with Crippen LogP contribution in [0.1, 0.15) is 29.5 Å². The van der Waals surface area contributed by atoms with Crippen LogP contribution in [0.15, 0.2) is 48.5 Å². The summed E-state index contributed by atoms with van der Waals surface area (Å²) in [6, 6.07) is 13.8. The van der Waals surface area contributed by atoms with Gasteiger partial charge in [-0.15, -0.1) is 0 Å². The average Bonchev–Trinajstić information content (AvgIpc) is 2.46. The van der Waals surface area contributed by atoms with Gasteiger partial charge >= 0.3 is 5.97 Å². The molecule has 3 heteroatoms. The first-order chi connectivity index (χ1) is 9.61. The molecular weight excluding hydrogens is 255 g/mol. The van der Waals surface area contributed by atoms with Crippen LogP contribution in [0, 0.1) is 5.82 Å². The topological polar surface area (TPSA) is 37.3 Å². The molecule has 0 fully saturated rings. The summed E-state index contributed by atoms with van der Waals surface area (Å²) in [6.45, 7) is 2.06. The average molecular weight is 272 g/mol. The first-order valence-electron chi connectivity index (χ1n) is 6.67. The van der Waals surface area contributed by atoms with Crippen molar-refractivity contribution in [1.29, 1.82) is 0 Å². The Bertz CT molecular complexity index is 590. The van der Waals surface area contributed by atoms with Gasteiger partial charge in [0, 0.05) is 5.56 Å². The highest BCUT2D eigenvalue weighted by Gasteiger charge is 2.23. The molecule has 0 radical (unpaired) electrons. The SMILES string of the molecule is CCc1ccc(CC(C(=O)O)c2ccccc2F)cc1. The van der Waals surface area contributed by atoms with E-state index in [0.717, 1.165) is 12.0 Å². The first kappa shape index (κ1) is 14.3. The zero-order valence-corrected chi connectivity index (χ0v) is 11.3. The minimum atomic E-state index is -1.00. The third-order valence-corrected chi connectivity index (χ3v) is 3.45. The molecule has 20 heavy (non-hydrogen) atoms. The quantitative estimate of drug-likeness (QED) is 0.899. The van der Waals surface area contributed by atoms with Crippen molar-refractivity contribution in [2.45, 2.75) is 25.7 Å². The second kappa shape index (κ2) is 6.33. The van der Waals surface area contributed by atoms with Crippen molar-refractivity contribution in [2.75, 3.05) is 0 Å². The zero-order chi connectivity index (χ0) is 14.5. The van der Waals surface area contributed by atoms with E-state index in [1.165, 1.54) is 17.7 Å². The van der Waals surface area contributed by atoms with Gasteiger partial charge in [-0.05, 0) is 30.0 Å². The molecule has 2 nitrogen and oxygen atoms in total. The molecular formula is C17H17FO2. The number of aryl methyl sites for hydroxylation is 1. The Hall–Kier alpha value is -2.16. The predicted octanol–water partition coefficient (Wildman–Crippen LogP) is 3.80. The Morgan fingerprint density at radius 3 is 2.25 bits per heavy atom. The lowest BCUT2D eigenvalue weighted by Crippen LogP contribution is -2.16. The second-order valence-electron chi connectivity index (χ2n) is 4.79. The number of carboxylic acid groups (broad SMARTS) is 1. The molecule has 1 atom stereocenters. The second-order valence-corrected chi connectivity index (χ2v) is 4.79. The summed E-state index contributed by atoms with van der Waals surface area (Å²) in [4.78, 5) is 11.4. The maximum atomic E-state index is 13.8. The van der Waals surface area contributed by atoms with Crippen molar-refractivity contribution in [3.05, 3.63) is 71.0 Å². The van der Waals surface area contributed by atoms with Crippen molar-refractivity contribution in [2.24, 2.45) is 0 Å². The van der Waals surface area contributed by atoms with E-state index in [1.54, 1.807) is 12.1 Å². The number of hydrogen-bond donors (Lipinski definition) is 1. The lowest BCUT2D eigenvalue weighted by atomic mass is 9.91. The Morgan fingerprint density at radius 2 is 1.70 bits per heavy atom. The fourth-order valence-corrected chi connectivity index (χ4v) is 2.23. The molecule has 0 heterocycles. The minimum absolute atomic E-state index is 0.236. The molecule has 2 rings (SSSR count). The Kier molecular flexibility index (Phi) is 4.51. The van der Waals surface area contributed by atoms with Gasteiger partial charge in [0.25, 0.3) is 0 Å². The van der Waals surface area contributed by atoms with Crippen LogP contribution in [0.3, 0.4) is 0 Å². The van der Waals surface area contributed by atoms with E-state index in [-0.39, 0.29) is 5.56 Å². The zero-order valence-electron chi connectivity index (χ0n) is 11.3. The third kappa shape index (κ3) is 3.23. The van der Waals surface area contributed by atoms with Gasteiger partial charge < -0.3 is 5.11 Å². The summed E-state index contributed by atoms with van der Waals surface area (Å²) in [6.07, 6.45) is 1.23. The van der Waals surface area contributed by atoms with Gasteiger partial charge in [-0.3, -0.25) is 4.79 Å². The molecule has 0 saturated carbocycles. The Labute approximate surface area is 117 Å². The molecule has 2 aromatic rings. The van der Waals surface area contributed by atoms with Gasteiger partial charge in [0.15, 0.2) is 0 Å². The fraction of sp³-hybridized carbons (Fsp3) is 0.235. The monoisotopic (exact) mass is 272 g/mol. The maximum Gasteiger partial charge on any atom is 0.311 e. The molecule has 0 aromatic heterocycles. The van der Waals surface area contributed by atoms with E-state index in [1.807, 2.05) is 24.3 Å². The summed E-state index contributed by atoms with van der Waals surface area (Å²) in [5.74, 6) is -2.33. The number of halogens is 1. The van der Waals surface area contributed by atoms with Crippen molar-refractivity contribution in [3.63, 3.8) is 0 Å². The number of benzene rings is 2. The Balaban J connectivity index is 2.26. The first-order valence-corrected chi connectivity index (χ1v) is 6.67.